The summed E-state index contributed by atoms with van der Waals surface area (Å²) in [6.07, 6.45) is 0. The van der Waals surface area contributed by atoms with Crippen molar-refractivity contribution in [1.29, 1.82) is 0 Å². The minimum Gasteiger partial charge on any atom is -0.461 e. The number of hydrogen-bond donors (Lipinski definition) is 0. The lowest BCUT2D eigenvalue weighted by Gasteiger charge is -2.12. The Hall–Kier alpha value is -2.45. The Morgan fingerprint density at radius 3 is 2.29 bits per heavy atom. The zero-order valence-corrected chi connectivity index (χ0v) is 22.0. The van der Waals surface area contributed by atoms with E-state index in [9.17, 15) is 4.79 Å². The molecule has 0 unspecified atom stereocenters. The summed E-state index contributed by atoms with van der Waals surface area (Å²) in [4.78, 5) is 11.7. The molecule has 0 N–H and O–H groups in total. The van der Waals surface area contributed by atoms with Crippen LogP contribution in [0.3, 0.4) is 0 Å². The van der Waals surface area contributed by atoms with Gasteiger partial charge in [-0.05, 0) is 30.3 Å². The van der Waals surface area contributed by atoms with E-state index in [2.05, 4.69) is 31.0 Å². The van der Waals surface area contributed by atoms with E-state index in [1.54, 1.807) is 35.0 Å². The molecule has 34 heavy (non-hydrogen) atoms. The molecule has 0 fully saturated rings. The van der Waals surface area contributed by atoms with Gasteiger partial charge in [-0.3, -0.25) is 4.79 Å². The van der Waals surface area contributed by atoms with Crippen LogP contribution in [0.25, 0.3) is 27.6 Å². The number of carbonyl (C=O) groups is 1. The first kappa shape index (κ1) is 24.7. The number of ether oxygens (including phenoxy) is 1. The second kappa shape index (κ2) is 9.66. The van der Waals surface area contributed by atoms with Crippen LogP contribution in [0.4, 0.5) is 0 Å². The van der Waals surface area contributed by atoms with E-state index < -0.39 is 5.97 Å². The Balaban J connectivity index is 2.01. The predicted octanol–water partition coefficient (Wildman–Crippen LogP) is 7.38. The van der Waals surface area contributed by atoms with Crippen LogP contribution in [0.1, 0.15) is 38.3 Å². The molecule has 2 aromatic carbocycles. The molecule has 4 rings (SSSR count). The molecule has 0 aliphatic carbocycles. The van der Waals surface area contributed by atoms with Gasteiger partial charge in [-0.2, -0.15) is 5.10 Å². The number of nitrogens with zero attached hydrogens (tertiary/aromatic N) is 4. The quantitative estimate of drug-likeness (QED) is 0.249. The number of halogens is 3. The second-order valence-corrected chi connectivity index (χ2v) is 10.9. The monoisotopic (exact) mass is 534 g/mol. The molecule has 2 heterocycles. The lowest BCUT2D eigenvalue weighted by atomic mass is 9.98. The lowest BCUT2D eigenvalue weighted by Crippen LogP contribution is -2.10. The molecule has 176 valence electrons. The van der Waals surface area contributed by atoms with Crippen LogP contribution in [0, 0.1) is 0 Å². The first-order chi connectivity index (χ1) is 16.0. The molecule has 0 saturated heterocycles. The Bertz CT molecular complexity index is 1360. The molecule has 0 aliphatic rings. The van der Waals surface area contributed by atoms with Crippen LogP contribution < -0.4 is 0 Å². The summed E-state index contributed by atoms with van der Waals surface area (Å²) in [7, 11) is 0. The fourth-order valence-corrected chi connectivity index (χ4v) is 4.81. The van der Waals surface area contributed by atoms with Crippen molar-refractivity contribution in [1.82, 2.24) is 20.0 Å². The van der Waals surface area contributed by atoms with Gasteiger partial charge in [0.2, 0.25) is 0 Å². The minimum atomic E-state index is -0.405. The maximum Gasteiger partial charge on any atom is 0.302 e. The van der Waals surface area contributed by atoms with Crippen molar-refractivity contribution in [3.05, 3.63) is 68.1 Å². The van der Waals surface area contributed by atoms with Gasteiger partial charge in [0, 0.05) is 33.5 Å². The van der Waals surface area contributed by atoms with Crippen LogP contribution in [0.2, 0.25) is 15.1 Å². The van der Waals surface area contributed by atoms with Crippen molar-refractivity contribution in [2.24, 2.45) is 0 Å². The molecule has 0 radical (unpaired) electrons. The van der Waals surface area contributed by atoms with E-state index >= 15 is 0 Å². The fourth-order valence-electron chi connectivity index (χ4n) is 3.29. The van der Waals surface area contributed by atoms with Crippen molar-refractivity contribution < 1.29 is 9.53 Å². The first-order valence-corrected chi connectivity index (χ1v) is 12.3. The van der Waals surface area contributed by atoms with Crippen LogP contribution >= 0.6 is 46.1 Å². The number of carbonyl (C=O) groups excluding carboxylic acids is 1. The zero-order chi connectivity index (χ0) is 24.6. The van der Waals surface area contributed by atoms with Gasteiger partial charge < -0.3 is 4.74 Å². The smallest absolute Gasteiger partial charge is 0.302 e. The molecular formula is C24H21Cl3N4O2S. The third kappa shape index (κ3) is 5.13. The van der Waals surface area contributed by atoms with E-state index in [4.69, 9.17) is 44.6 Å². The standard InChI is InChI=1S/C24H21Cl3N4O2S/c1-13(32)33-12-17-20(22-28-29-23(34-22)24(2,3)4)30-31(19-10-9-16(26)11-18(19)27)21(17)14-5-7-15(25)8-6-14/h5-11H,12H2,1-4H3. The molecule has 0 saturated carbocycles. The number of benzene rings is 2. The third-order valence-electron chi connectivity index (χ3n) is 4.93. The molecule has 6 nitrogen and oxygen atoms in total. The molecule has 10 heteroatoms. The predicted molar refractivity (Wildman–Crippen MR) is 137 cm³/mol. The summed E-state index contributed by atoms with van der Waals surface area (Å²) < 4.78 is 7.15. The summed E-state index contributed by atoms with van der Waals surface area (Å²) in [5.41, 5.74) is 3.20. The molecule has 0 bridgehead atoms. The van der Waals surface area contributed by atoms with Crippen molar-refractivity contribution in [2.75, 3.05) is 0 Å². The molecular weight excluding hydrogens is 515 g/mol. The summed E-state index contributed by atoms with van der Waals surface area (Å²) in [6, 6.07) is 12.5. The largest absolute Gasteiger partial charge is 0.461 e. The second-order valence-electron chi connectivity index (χ2n) is 8.63. The van der Waals surface area contributed by atoms with E-state index in [0.29, 0.717) is 42.7 Å². The van der Waals surface area contributed by atoms with Gasteiger partial charge in [0.25, 0.3) is 0 Å². The highest BCUT2D eigenvalue weighted by atomic mass is 35.5. The molecule has 0 aliphatic heterocycles. The van der Waals surface area contributed by atoms with Gasteiger partial charge in [0.1, 0.15) is 17.3 Å². The Morgan fingerprint density at radius 1 is 1.03 bits per heavy atom. The zero-order valence-electron chi connectivity index (χ0n) is 18.9. The van der Waals surface area contributed by atoms with Crippen molar-refractivity contribution in [2.45, 2.75) is 39.7 Å². The first-order valence-electron chi connectivity index (χ1n) is 10.4. The summed E-state index contributed by atoms with van der Waals surface area (Å²) in [6.45, 7) is 7.58. The van der Waals surface area contributed by atoms with E-state index in [0.717, 1.165) is 10.6 Å². The third-order valence-corrected chi connectivity index (χ3v) is 7.07. The van der Waals surface area contributed by atoms with E-state index in [1.165, 1.54) is 18.3 Å². The van der Waals surface area contributed by atoms with Gasteiger partial charge in [-0.15, -0.1) is 10.2 Å². The Kier molecular flexibility index (Phi) is 7.01. The van der Waals surface area contributed by atoms with Gasteiger partial charge in [-0.25, -0.2) is 4.68 Å². The van der Waals surface area contributed by atoms with Gasteiger partial charge >= 0.3 is 5.97 Å². The van der Waals surface area contributed by atoms with E-state index in [1.807, 2.05) is 12.1 Å². The normalized spacial score (nSPS) is 11.6. The molecule has 2 aromatic heterocycles. The summed E-state index contributed by atoms with van der Waals surface area (Å²) >= 11 is 20.3. The van der Waals surface area contributed by atoms with Gasteiger partial charge in [-0.1, -0.05) is 79.0 Å². The highest BCUT2D eigenvalue weighted by Gasteiger charge is 2.27. The van der Waals surface area contributed by atoms with Crippen LogP contribution in [0.5, 0.6) is 0 Å². The Morgan fingerprint density at radius 2 is 1.71 bits per heavy atom. The number of hydrogen-bond acceptors (Lipinski definition) is 6. The van der Waals surface area contributed by atoms with E-state index in [-0.39, 0.29) is 12.0 Å². The molecule has 0 amide bonds. The SMILES string of the molecule is CC(=O)OCc1c(-c2nnc(C(C)(C)C)s2)nn(-c2ccc(Cl)cc2Cl)c1-c1ccc(Cl)cc1. The number of esters is 1. The van der Waals surface area contributed by atoms with Crippen LogP contribution in [0.15, 0.2) is 42.5 Å². The van der Waals surface area contributed by atoms with Crippen LogP contribution in [-0.4, -0.2) is 25.9 Å². The highest BCUT2D eigenvalue weighted by molar-refractivity contribution is 7.14. The molecule has 0 spiro atoms. The average molecular weight is 536 g/mol. The number of rotatable bonds is 5. The number of aromatic nitrogens is 4. The minimum absolute atomic E-state index is 0.00172. The Labute approximate surface area is 216 Å². The topological polar surface area (TPSA) is 69.9 Å². The van der Waals surface area contributed by atoms with Crippen molar-refractivity contribution >= 4 is 52.1 Å². The van der Waals surface area contributed by atoms with Gasteiger partial charge in [0.05, 0.1) is 16.4 Å². The molecule has 4 aromatic rings. The maximum atomic E-state index is 11.7. The lowest BCUT2D eigenvalue weighted by molar-refractivity contribution is -0.142. The van der Waals surface area contributed by atoms with Crippen LogP contribution in [-0.2, 0) is 21.6 Å². The van der Waals surface area contributed by atoms with Gasteiger partial charge in [0.15, 0.2) is 5.01 Å². The summed E-state index contributed by atoms with van der Waals surface area (Å²) in [5.74, 6) is -0.405. The summed E-state index contributed by atoms with van der Waals surface area (Å²) in [5, 5.41) is 16.7. The fraction of sp³-hybridized carbons (Fsp3) is 0.250. The average Bonchev–Trinajstić information content (AvgIpc) is 3.38. The highest BCUT2D eigenvalue weighted by Crippen LogP contribution is 2.39. The van der Waals surface area contributed by atoms with Crippen molar-refractivity contribution in [3.8, 4) is 27.6 Å². The maximum absolute atomic E-state index is 11.7. The van der Waals surface area contributed by atoms with Crippen molar-refractivity contribution in [3.63, 3.8) is 0 Å². The molecule has 0 atom stereocenters.